The Hall–Kier alpha value is -2.71. The average molecular weight is 470 g/mol. The lowest BCUT2D eigenvalue weighted by Gasteiger charge is -2.28. The van der Waals surface area contributed by atoms with Gasteiger partial charge in [-0.3, -0.25) is 14.3 Å². The molecule has 0 radical (unpaired) electrons. The number of hydrogen-bond acceptors (Lipinski definition) is 5. The van der Waals surface area contributed by atoms with E-state index >= 15 is 0 Å². The van der Waals surface area contributed by atoms with Gasteiger partial charge in [0, 0.05) is 53.8 Å². The van der Waals surface area contributed by atoms with Crippen molar-refractivity contribution < 1.29 is 9.59 Å². The standard InChI is InChI=1S/C23H24ClN5O2S/c1-27(11-18-13-32-14-25-18)23(31)21-19-12-28(22(30)16-3-2-4-17(24)9-16)8-7-20(19)29(26-21)10-15-5-6-15/h2-4,9,13-15H,5-8,10-12H2,1H3. The highest BCUT2D eigenvalue weighted by molar-refractivity contribution is 7.07. The number of benzene rings is 1. The average Bonchev–Trinajstić information content (AvgIpc) is 3.33. The van der Waals surface area contributed by atoms with E-state index in [-0.39, 0.29) is 11.8 Å². The van der Waals surface area contributed by atoms with E-state index in [1.807, 2.05) is 10.1 Å². The molecular weight excluding hydrogens is 446 g/mol. The molecule has 1 saturated carbocycles. The molecule has 1 aromatic carbocycles. The van der Waals surface area contributed by atoms with Crippen LogP contribution in [-0.4, -0.2) is 50.0 Å². The number of halogens is 1. The van der Waals surface area contributed by atoms with Crippen LogP contribution in [0.2, 0.25) is 5.02 Å². The number of thiazole rings is 1. The van der Waals surface area contributed by atoms with Crippen LogP contribution < -0.4 is 0 Å². The normalized spacial score (nSPS) is 15.5. The lowest BCUT2D eigenvalue weighted by molar-refractivity contribution is 0.0721. The molecule has 0 N–H and O–H groups in total. The molecule has 5 rings (SSSR count). The predicted molar refractivity (Wildman–Crippen MR) is 123 cm³/mol. The highest BCUT2D eigenvalue weighted by Gasteiger charge is 2.33. The monoisotopic (exact) mass is 469 g/mol. The molecule has 7 nitrogen and oxygen atoms in total. The molecule has 0 atom stereocenters. The van der Waals surface area contributed by atoms with Crippen molar-refractivity contribution in [1.82, 2.24) is 24.6 Å². The maximum Gasteiger partial charge on any atom is 0.274 e. The number of carbonyl (C=O) groups excluding carboxylic acids is 2. The Labute approximate surface area is 195 Å². The fourth-order valence-electron chi connectivity index (χ4n) is 4.15. The van der Waals surface area contributed by atoms with Crippen molar-refractivity contribution >= 4 is 34.8 Å². The fourth-order valence-corrected chi connectivity index (χ4v) is 4.89. The first-order valence-corrected chi connectivity index (χ1v) is 12.1. The van der Waals surface area contributed by atoms with Crippen molar-refractivity contribution in [3.63, 3.8) is 0 Å². The molecule has 3 aromatic rings. The lowest BCUT2D eigenvalue weighted by atomic mass is 10.0. The van der Waals surface area contributed by atoms with Gasteiger partial charge in [0.15, 0.2) is 5.69 Å². The quantitative estimate of drug-likeness (QED) is 0.549. The van der Waals surface area contributed by atoms with Gasteiger partial charge >= 0.3 is 0 Å². The molecule has 1 aliphatic heterocycles. The fraction of sp³-hybridized carbons (Fsp3) is 0.391. The third kappa shape index (κ3) is 4.29. The molecule has 166 valence electrons. The maximum atomic E-state index is 13.4. The highest BCUT2D eigenvalue weighted by Crippen LogP contribution is 2.33. The van der Waals surface area contributed by atoms with Gasteiger partial charge in [0.05, 0.1) is 24.3 Å². The summed E-state index contributed by atoms with van der Waals surface area (Å²) in [6.07, 6.45) is 3.10. The topological polar surface area (TPSA) is 71.3 Å². The lowest BCUT2D eigenvalue weighted by Crippen LogP contribution is -2.37. The largest absolute Gasteiger partial charge is 0.334 e. The van der Waals surface area contributed by atoms with Gasteiger partial charge < -0.3 is 9.80 Å². The Kier molecular flexibility index (Phi) is 5.73. The second kappa shape index (κ2) is 8.67. The number of aromatic nitrogens is 3. The summed E-state index contributed by atoms with van der Waals surface area (Å²) in [6, 6.07) is 6.99. The van der Waals surface area contributed by atoms with E-state index in [0.29, 0.717) is 48.3 Å². The second-order valence-corrected chi connectivity index (χ2v) is 9.68. The third-order valence-corrected chi connectivity index (χ3v) is 6.92. The van der Waals surface area contributed by atoms with Gasteiger partial charge in [0.1, 0.15) is 0 Å². The summed E-state index contributed by atoms with van der Waals surface area (Å²) in [4.78, 5) is 34.2. The molecule has 9 heteroatoms. The van der Waals surface area contributed by atoms with Gasteiger partial charge in [-0.25, -0.2) is 4.98 Å². The van der Waals surface area contributed by atoms with Crippen LogP contribution in [0.3, 0.4) is 0 Å². The van der Waals surface area contributed by atoms with Crippen molar-refractivity contribution in [3.8, 4) is 0 Å². The minimum Gasteiger partial charge on any atom is -0.334 e. The summed E-state index contributed by atoms with van der Waals surface area (Å²) in [5, 5.41) is 7.22. The minimum atomic E-state index is -0.138. The summed E-state index contributed by atoms with van der Waals surface area (Å²) in [6.45, 7) is 2.24. The number of nitrogens with zero attached hydrogens (tertiary/aromatic N) is 5. The molecule has 32 heavy (non-hydrogen) atoms. The van der Waals surface area contributed by atoms with E-state index in [4.69, 9.17) is 16.7 Å². The van der Waals surface area contributed by atoms with E-state index in [2.05, 4.69) is 4.98 Å². The van der Waals surface area contributed by atoms with Crippen molar-refractivity contribution in [2.24, 2.45) is 5.92 Å². The first-order chi connectivity index (χ1) is 15.5. The molecule has 0 saturated heterocycles. The number of carbonyl (C=O) groups is 2. The SMILES string of the molecule is CN(Cc1cscn1)C(=O)c1nn(CC2CC2)c2c1CN(C(=O)c1cccc(Cl)c1)CC2. The van der Waals surface area contributed by atoms with Crippen molar-refractivity contribution in [1.29, 1.82) is 0 Å². The molecule has 2 aromatic heterocycles. The van der Waals surface area contributed by atoms with Crippen LogP contribution in [0.15, 0.2) is 35.2 Å². The zero-order valence-corrected chi connectivity index (χ0v) is 19.4. The molecule has 1 fully saturated rings. The number of fused-ring (bicyclic) bond motifs is 1. The smallest absolute Gasteiger partial charge is 0.274 e. The second-order valence-electron chi connectivity index (χ2n) is 8.53. The van der Waals surface area contributed by atoms with Gasteiger partial charge in [-0.1, -0.05) is 17.7 Å². The molecule has 2 aliphatic rings. The van der Waals surface area contributed by atoms with Crippen molar-refractivity contribution in [2.45, 2.75) is 38.9 Å². The summed E-state index contributed by atoms with van der Waals surface area (Å²) in [5.41, 5.74) is 5.57. The number of amides is 2. The van der Waals surface area contributed by atoms with Crippen LogP contribution >= 0.6 is 22.9 Å². The minimum absolute atomic E-state index is 0.0812. The molecular formula is C23H24ClN5O2S. The van der Waals surface area contributed by atoms with Gasteiger partial charge in [0.2, 0.25) is 0 Å². The van der Waals surface area contributed by atoms with Crippen LogP contribution in [0.4, 0.5) is 0 Å². The van der Waals surface area contributed by atoms with Crippen molar-refractivity contribution in [2.75, 3.05) is 13.6 Å². The predicted octanol–water partition coefficient (Wildman–Crippen LogP) is 3.87. The Bertz CT molecular complexity index is 1160. The Morgan fingerprint density at radius 3 is 2.88 bits per heavy atom. The van der Waals surface area contributed by atoms with E-state index in [0.717, 1.165) is 23.5 Å². The summed E-state index contributed by atoms with van der Waals surface area (Å²) in [7, 11) is 1.77. The van der Waals surface area contributed by atoms with E-state index < -0.39 is 0 Å². The van der Waals surface area contributed by atoms with Crippen LogP contribution in [-0.2, 0) is 26.1 Å². The zero-order valence-electron chi connectivity index (χ0n) is 17.8. The van der Waals surface area contributed by atoms with Gasteiger partial charge in [-0.15, -0.1) is 11.3 Å². The summed E-state index contributed by atoms with van der Waals surface area (Å²) >= 11 is 7.60. The Morgan fingerprint density at radius 2 is 2.16 bits per heavy atom. The molecule has 0 spiro atoms. The molecule has 0 bridgehead atoms. The van der Waals surface area contributed by atoms with Crippen molar-refractivity contribution in [3.05, 3.63) is 68.4 Å². The van der Waals surface area contributed by atoms with Gasteiger partial charge in [-0.2, -0.15) is 5.10 Å². The molecule has 2 amide bonds. The van der Waals surface area contributed by atoms with Gasteiger partial charge in [0.25, 0.3) is 11.8 Å². The highest BCUT2D eigenvalue weighted by atomic mass is 35.5. The van der Waals surface area contributed by atoms with Crippen LogP contribution in [0, 0.1) is 5.92 Å². The maximum absolute atomic E-state index is 13.4. The number of hydrogen-bond donors (Lipinski definition) is 0. The third-order valence-electron chi connectivity index (χ3n) is 6.05. The Balaban J connectivity index is 1.43. The number of rotatable bonds is 6. The van der Waals surface area contributed by atoms with E-state index in [1.54, 1.807) is 46.6 Å². The van der Waals surface area contributed by atoms with Crippen LogP contribution in [0.5, 0.6) is 0 Å². The van der Waals surface area contributed by atoms with Gasteiger partial charge in [-0.05, 0) is 37.0 Å². The molecule has 3 heterocycles. The first-order valence-electron chi connectivity index (χ1n) is 10.8. The zero-order chi connectivity index (χ0) is 22.2. The summed E-state index contributed by atoms with van der Waals surface area (Å²) < 4.78 is 2.01. The molecule has 1 aliphatic carbocycles. The van der Waals surface area contributed by atoms with Crippen LogP contribution in [0.25, 0.3) is 0 Å². The molecule has 0 unspecified atom stereocenters. The van der Waals surface area contributed by atoms with E-state index in [9.17, 15) is 9.59 Å². The summed E-state index contributed by atoms with van der Waals surface area (Å²) in [5.74, 6) is 0.420. The first kappa shape index (κ1) is 21.2. The van der Waals surface area contributed by atoms with E-state index in [1.165, 1.54) is 24.2 Å². The van der Waals surface area contributed by atoms with Crippen LogP contribution in [0.1, 0.15) is 50.6 Å². The Morgan fingerprint density at radius 1 is 1.31 bits per heavy atom.